The Kier molecular flexibility index (Phi) is 3.32. The van der Waals surface area contributed by atoms with Gasteiger partial charge in [0.1, 0.15) is 5.52 Å². The summed E-state index contributed by atoms with van der Waals surface area (Å²) in [7, 11) is 0. The highest BCUT2D eigenvalue weighted by Gasteiger charge is 2.17. The third kappa shape index (κ3) is 2.46. The number of rotatable bonds is 2. The van der Waals surface area contributed by atoms with E-state index in [0.717, 1.165) is 27.1 Å². The van der Waals surface area contributed by atoms with Crippen molar-refractivity contribution in [3.8, 4) is 11.5 Å². The predicted molar refractivity (Wildman–Crippen MR) is 88.2 cm³/mol. The highest BCUT2D eigenvalue weighted by atomic mass is 79.9. The Morgan fingerprint density at radius 3 is 2.95 bits per heavy atom. The van der Waals surface area contributed by atoms with Crippen LogP contribution in [-0.2, 0) is 0 Å². The minimum absolute atomic E-state index is 0.243. The molecular formula is C16H9BrClNO3. The van der Waals surface area contributed by atoms with Gasteiger partial charge in [0.05, 0.1) is 4.47 Å². The minimum Gasteiger partial charge on any atom is -0.454 e. The van der Waals surface area contributed by atoms with E-state index in [0.29, 0.717) is 16.5 Å². The SMILES string of the molecule is Clc1ccc2oc(/C=C/c3cc(Br)c4c(c3)OCO4)nc2c1. The van der Waals surface area contributed by atoms with Gasteiger partial charge in [0.15, 0.2) is 17.1 Å². The number of nitrogens with zero attached hydrogens (tertiary/aromatic N) is 1. The first-order valence-corrected chi connectivity index (χ1v) is 7.69. The molecule has 0 radical (unpaired) electrons. The largest absolute Gasteiger partial charge is 0.454 e. The molecule has 6 heteroatoms. The lowest BCUT2D eigenvalue weighted by atomic mass is 10.2. The van der Waals surface area contributed by atoms with Gasteiger partial charge in [0.25, 0.3) is 0 Å². The smallest absolute Gasteiger partial charge is 0.231 e. The van der Waals surface area contributed by atoms with E-state index >= 15 is 0 Å². The molecule has 3 aromatic rings. The molecule has 1 aliphatic rings. The molecule has 4 rings (SSSR count). The summed E-state index contributed by atoms with van der Waals surface area (Å²) in [6.45, 7) is 0.243. The van der Waals surface area contributed by atoms with Crippen molar-refractivity contribution in [3.63, 3.8) is 0 Å². The highest BCUT2D eigenvalue weighted by molar-refractivity contribution is 9.10. The fourth-order valence-corrected chi connectivity index (χ4v) is 2.98. The van der Waals surface area contributed by atoms with E-state index in [9.17, 15) is 0 Å². The molecule has 0 saturated heterocycles. The zero-order chi connectivity index (χ0) is 15.1. The summed E-state index contributed by atoms with van der Waals surface area (Å²) in [6.07, 6.45) is 3.71. The first-order valence-electron chi connectivity index (χ1n) is 6.52. The molecule has 0 fully saturated rings. The van der Waals surface area contributed by atoms with Crippen LogP contribution in [0.3, 0.4) is 0 Å². The quantitative estimate of drug-likeness (QED) is 0.619. The number of benzene rings is 2. The van der Waals surface area contributed by atoms with Crippen LogP contribution in [0.25, 0.3) is 23.3 Å². The number of ether oxygens (including phenoxy) is 2. The van der Waals surface area contributed by atoms with Crippen LogP contribution in [0.1, 0.15) is 11.5 Å². The summed E-state index contributed by atoms with van der Waals surface area (Å²) >= 11 is 9.41. The standard InChI is InChI=1S/C16H9BrClNO3/c17-11-5-9(6-14-16(11)21-8-20-14)1-4-15-19-12-7-10(18)2-3-13(12)22-15/h1-7H,8H2/b4-1+. The van der Waals surface area contributed by atoms with E-state index in [2.05, 4.69) is 20.9 Å². The topological polar surface area (TPSA) is 44.5 Å². The van der Waals surface area contributed by atoms with E-state index in [1.165, 1.54) is 0 Å². The van der Waals surface area contributed by atoms with Gasteiger partial charge in [-0.3, -0.25) is 0 Å². The second kappa shape index (κ2) is 5.34. The van der Waals surface area contributed by atoms with Crippen LogP contribution in [0.5, 0.6) is 11.5 Å². The van der Waals surface area contributed by atoms with Gasteiger partial charge in [-0.1, -0.05) is 11.6 Å². The Balaban J connectivity index is 1.67. The number of halogens is 2. The molecule has 2 aromatic carbocycles. The van der Waals surface area contributed by atoms with Gasteiger partial charge in [-0.25, -0.2) is 4.98 Å². The molecule has 110 valence electrons. The van der Waals surface area contributed by atoms with E-state index in [1.54, 1.807) is 24.3 Å². The van der Waals surface area contributed by atoms with Gasteiger partial charge >= 0.3 is 0 Å². The Labute approximate surface area is 139 Å². The lowest BCUT2D eigenvalue weighted by Gasteiger charge is -2.00. The zero-order valence-electron chi connectivity index (χ0n) is 11.2. The molecule has 4 nitrogen and oxygen atoms in total. The summed E-state index contributed by atoms with van der Waals surface area (Å²) in [6, 6.07) is 9.21. The van der Waals surface area contributed by atoms with Crippen LogP contribution in [0, 0.1) is 0 Å². The molecule has 0 bridgehead atoms. The van der Waals surface area contributed by atoms with Crippen molar-refractivity contribution in [2.75, 3.05) is 6.79 Å². The maximum absolute atomic E-state index is 5.94. The van der Waals surface area contributed by atoms with Gasteiger partial charge in [-0.15, -0.1) is 0 Å². The van der Waals surface area contributed by atoms with Crippen molar-refractivity contribution in [1.82, 2.24) is 4.98 Å². The molecule has 0 amide bonds. The zero-order valence-corrected chi connectivity index (χ0v) is 13.5. The normalized spacial score (nSPS) is 13.4. The van der Waals surface area contributed by atoms with Crippen molar-refractivity contribution in [1.29, 1.82) is 0 Å². The molecule has 2 heterocycles. The third-order valence-corrected chi connectivity index (χ3v) is 4.06. The average molecular weight is 379 g/mol. The fraction of sp³-hybridized carbons (Fsp3) is 0.0625. The van der Waals surface area contributed by atoms with Crippen LogP contribution in [0.15, 0.2) is 39.2 Å². The molecule has 0 aliphatic carbocycles. The van der Waals surface area contributed by atoms with E-state index in [4.69, 9.17) is 25.5 Å². The fourth-order valence-electron chi connectivity index (χ4n) is 2.24. The molecular weight excluding hydrogens is 370 g/mol. The number of hydrogen-bond acceptors (Lipinski definition) is 4. The first kappa shape index (κ1) is 13.7. The summed E-state index contributed by atoms with van der Waals surface area (Å²) in [5.74, 6) is 1.97. The molecule has 0 N–H and O–H groups in total. The molecule has 1 aromatic heterocycles. The van der Waals surface area contributed by atoms with Gasteiger partial charge in [0, 0.05) is 11.1 Å². The van der Waals surface area contributed by atoms with Crippen LogP contribution >= 0.6 is 27.5 Å². The van der Waals surface area contributed by atoms with Gasteiger partial charge < -0.3 is 13.9 Å². The first-order chi connectivity index (χ1) is 10.7. The third-order valence-electron chi connectivity index (χ3n) is 3.23. The molecule has 22 heavy (non-hydrogen) atoms. The monoisotopic (exact) mass is 377 g/mol. The summed E-state index contributed by atoms with van der Waals surface area (Å²) < 4.78 is 17.3. The number of oxazole rings is 1. The average Bonchev–Trinajstić information content (AvgIpc) is 3.10. The molecule has 0 saturated carbocycles. The van der Waals surface area contributed by atoms with Crippen molar-refractivity contribution >= 4 is 50.8 Å². The summed E-state index contributed by atoms with van der Waals surface area (Å²) in [5.41, 5.74) is 2.39. The second-order valence-electron chi connectivity index (χ2n) is 4.73. The Bertz CT molecular complexity index is 904. The van der Waals surface area contributed by atoms with Gasteiger partial charge in [-0.2, -0.15) is 0 Å². The second-order valence-corrected chi connectivity index (χ2v) is 6.02. The van der Waals surface area contributed by atoms with Crippen LogP contribution in [0.2, 0.25) is 5.02 Å². The van der Waals surface area contributed by atoms with Crippen molar-refractivity contribution in [2.45, 2.75) is 0 Å². The predicted octanol–water partition coefficient (Wildman–Crippen LogP) is 5.14. The van der Waals surface area contributed by atoms with E-state index in [-0.39, 0.29) is 6.79 Å². The molecule has 0 unspecified atom stereocenters. The lowest BCUT2D eigenvalue weighted by molar-refractivity contribution is 0.173. The Morgan fingerprint density at radius 1 is 1.14 bits per heavy atom. The lowest BCUT2D eigenvalue weighted by Crippen LogP contribution is -1.93. The number of fused-ring (bicyclic) bond motifs is 2. The maximum Gasteiger partial charge on any atom is 0.231 e. The minimum atomic E-state index is 0.243. The van der Waals surface area contributed by atoms with E-state index < -0.39 is 0 Å². The molecule has 1 aliphatic heterocycles. The van der Waals surface area contributed by atoms with Crippen LogP contribution in [0.4, 0.5) is 0 Å². The molecule has 0 spiro atoms. The number of aromatic nitrogens is 1. The van der Waals surface area contributed by atoms with E-state index in [1.807, 2.05) is 18.2 Å². The van der Waals surface area contributed by atoms with Gasteiger partial charge in [-0.05, 0) is 57.9 Å². The Morgan fingerprint density at radius 2 is 2.05 bits per heavy atom. The number of hydrogen-bond donors (Lipinski definition) is 0. The molecule has 0 atom stereocenters. The van der Waals surface area contributed by atoms with Crippen molar-refractivity contribution in [2.24, 2.45) is 0 Å². The Hall–Kier alpha value is -1.98. The highest BCUT2D eigenvalue weighted by Crippen LogP contribution is 2.40. The van der Waals surface area contributed by atoms with Crippen LogP contribution in [-0.4, -0.2) is 11.8 Å². The van der Waals surface area contributed by atoms with Crippen molar-refractivity contribution in [3.05, 3.63) is 51.3 Å². The van der Waals surface area contributed by atoms with Crippen molar-refractivity contribution < 1.29 is 13.9 Å². The van der Waals surface area contributed by atoms with Crippen LogP contribution < -0.4 is 9.47 Å². The summed E-state index contributed by atoms with van der Waals surface area (Å²) in [5, 5.41) is 0.635. The maximum atomic E-state index is 5.94. The van der Waals surface area contributed by atoms with Gasteiger partial charge in [0.2, 0.25) is 12.7 Å². The summed E-state index contributed by atoms with van der Waals surface area (Å²) in [4.78, 5) is 4.38.